The minimum Gasteiger partial charge on any atom is -0.331 e. The average Bonchev–Trinajstić information content (AvgIpc) is 3.03. The lowest BCUT2D eigenvalue weighted by atomic mass is 10.1. The van der Waals surface area contributed by atoms with E-state index in [4.69, 9.17) is 28.2 Å². The first-order valence-electron chi connectivity index (χ1n) is 10.2. The van der Waals surface area contributed by atoms with Gasteiger partial charge in [-0.2, -0.15) is 0 Å². The fourth-order valence-corrected chi connectivity index (χ4v) is 3.78. The highest BCUT2D eigenvalue weighted by molar-refractivity contribution is 6.35. The maximum atomic E-state index is 13.8. The number of benzene rings is 2. The van der Waals surface area contributed by atoms with Gasteiger partial charge in [-0.15, -0.1) is 0 Å². The quantitative estimate of drug-likeness (QED) is 0.389. The smallest absolute Gasteiger partial charge is 0.255 e. The van der Waals surface area contributed by atoms with Gasteiger partial charge >= 0.3 is 0 Å². The number of imidazole rings is 1. The second-order valence-electron chi connectivity index (χ2n) is 7.85. The molecule has 2 aromatic carbocycles. The van der Waals surface area contributed by atoms with Crippen LogP contribution in [0.3, 0.4) is 0 Å². The summed E-state index contributed by atoms with van der Waals surface area (Å²) in [7, 11) is 0. The van der Waals surface area contributed by atoms with Crippen molar-refractivity contribution >= 4 is 40.1 Å². The van der Waals surface area contributed by atoms with Crippen LogP contribution in [0.1, 0.15) is 49.8 Å². The standard InChI is InChI=1S/C23H26Cl2FN3O/c1-4-10-29-21-13-17(26)6-8-20(21)27-22(29)14-28(11-9-15(2)3)23(30)18-12-16(24)5-7-19(18)25/h5-8,12-13,15H,4,9-11,14H2,1-3H3. The highest BCUT2D eigenvalue weighted by atomic mass is 35.5. The zero-order valence-electron chi connectivity index (χ0n) is 17.5. The predicted molar refractivity (Wildman–Crippen MR) is 121 cm³/mol. The van der Waals surface area contributed by atoms with E-state index in [0.717, 1.165) is 29.7 Å². The van der Waals surface area contributed by atoms with E-state index in [1.54, 1.807) is 29.2 Å². The molecular weight excluding hydrogens is 424 g/mol. The second-order valence-corrected chi connectivity index (χ2v) is 8.69. The van der Waals surface area contributed by atoms with E-state index < -0.39 is 0 Å². The Morgan fingerprint density at radius 1 is 1.20 bits per heavy atom. The number of carbonyl (C=O) groups is 1. The minimum absolute atomic E-state index is 0.190. The number of hydrogen-bond donors (Lipinski definition) is 0. The third-order valence-corrected chi connectivity index (χ3v) is 5.56. The largest absolute Gasteiger partial charge is 0.331 e. The molecule has 0 aliphatic carbocycles. The molecule has 0 saturated heterocycles. The van der Waals surface area contributed by atoms with Crippen LogP contribution in [-0.2, 0) is 13.1 Å². The third kappa shape index (κ3) is 5.13. The van der Waals surface area contributed by atoms with Gasteiger partial charge in [0.05, 0.1) is 28.2 Å². The van der Waals surface area contributed by atoms with Crippen LogP contribution in [0.25, 0.3) is 11.0 Å². The van der Waals surface area contributed by atoms with Crippen molar-refractivity contribution in [2.45, 2.75) is 46.7 Å². The van der Waals surface area contributed by atoms with Crippen molar-refractivity contribution in [3.8, 4) is 0 Å². The number of rotatable bonds is 8. The van der Waals surface area contributed by atoms with Gasteiger partial charge in [-0.1, -0.05) is 44.0 Å². The molecular formula is C23H26Cl2FN3O. The Labute approximate surface area is 186 Å². The molecule has 0 atom stereocenters. The first-order valence-corrected chi connectivity index (χ1v) is 10.9. The fourth-order valence-electron chi connectivity index (χ4n) is 3.41. The van der Waals surface area contributed by atoms with Crippen molar-refractivity contribution in [3.05, 3.63) is 63.6 Å². The summed E-state index contributed by atoms with van der Waals surface area (Å²) < 4.78 is 15.8. The molecule has 3 aromatic rings. The van der Waals surface area contributed by atoms with Gasteiger partial charge in [0.2, 0.25) is 0 Å². The second kappa shape index (κ2) is 9.80. The lowest BCUT2D eigenvalue weighted by Gasteiger charge is -2.24. The number of aromatic nitrogens is 2. The van der Waals surface area contributed by atoms with Gasteiger partial charge in [0.1, 0.15) is 11.6 Å². The Hall–Kier alpha value is -2.11. The topological polar surface area (TPSA) is 38.1 Å². The van der Waals surface area contributed by atoms with E-state index in [1.807, 2.05) is 4.57 Å². The van der Waals surface area contributed by atoms with Crippen molar-refractivity contribution in [2.75, 3.05) is 6.54 Å². The number of carbonyl (C=O) groups excluding carboxylic acids is 1. The Bertz CT molecular complexity index is 1050. The maximum absolute atomic E-state index is 13.8. The Morgan fingerprint density at radius 2 is 1.97 bits per heavy atom. The lowest BCUT2D eigenvalue weighted by molar-refractivity contribution is 0.0729. The van der Waals surface area contributed by atoms with Crippen molar-refractivity contribution in [1.82, 2.24) is 14.5 Å². The summed E-state index contributed by atoms with van der Waals surface area (Å²) in [6.07, 6.45) is 1.71. The molecule has 0 fully saturated rings. The Morgan fingerprint density at radius 3 is 2.67 bits per heavy atom. The fraction of sp³-hybridized carbons (Fsp3) is 0.391. The van der Waals surface area contributed by atoms with Crippen LogP contribution in [0.15, 0.2) is 36.4 Å². The van der Waals surface area contributed by atoms with Gasteiger partial charge in [0.25, 0.3) is 5.91 Å². The van der Waals surface area contributed by atoms with Crippen molar-refractivity contribution in [2.24, 2.45) is 5.92 Å². The van der Waals surface area contributed by atoms with Gasteiger partial charge < -0.3 is 9.47 Å². The van der Waals surface area contributed by atoms with Gasteiger partial charge in [-0.3, -0.25) is 4.79 Å². The van der Waals surface area contributed by atoms with Gasteiger partial charge in [0.15, 0.2) is 0 Å². The van der Waals surface area contributed by atoms with Crippen LogP contribution < -0.4 is 0 Å². The van der Waals surface area contributed by atoms with Gasteiger partial charge in [-0.05, 0) is 55.2 Å². The number of aryl methyl sites for hydroxylation is 1. The van der Waals surface area contributed by atoms with Crippen molar-refractivity contribution in [3.63, 3.8) is 0 Å². The van der Waals surface area contributed by atoms with Crippen molar-refractivity contribution in [1.29, 1.82) is 0 Å². The van der Waals surface area contributed by atoms with Crippen LogP contribution in [0, 0.1) is 11.7 Å². The molecule has 0 bridgehead atoms. The summed E-state index contributed by atoms with van der Waals surface area (Å²) in [5, 5.41) is 0.823. The lowest BCUT2D eigenvalue weighted by Crippen LogP contribution is -2.33. The summed E-state index contributed by atoms with van der Waals surface area (Å²) >= 11 is 12.4. The molecule has 3 rings (SSSR count). The molecule has 0 radical (unpaired) electrons. The summed E-state index contributed by atoms with van der Waals surface area (Å²) in [5.74, 6) is 0.667. The van der Waals surface area contributed by atoms with E-state index in [9.17, 15) is 9.18 Å². The highest BCUT2D eigenvalue weighted by Gasteiger charge is 2.22. The molecule has 160 valence electrons. The minimum atomic E-state index is -0.301. The molecule has 0 saturated carbocycles. The van der Waals surface area contributed by atoms with Crippen LogP contribution in [0.2, 0.25) is 10.0 Å². The van der Waals surface area contributed by atoms with Crippen LogP contribution in [0.5, 0.6) is 0 Å². The number of amides is 1. The van der Waals surface area contributed by atoms with E-state index in [2.05, 4.69) is 20.8 Å². The first kappa shape index (κ1) is 22.6. The third-order valence-electron chi connectivity index (χ3n) is 4.99. The monoisotopic (exact) mass is 449 g/mol. The summed E-state index contributed by atoms with van der Waals surface area (Å²) in [6, 6.07) is 9.47. The van der Waals surface area contributed by atoms with E-state index in [1.165, 1.54) is 12.1 Å². The molecule has 0 aliphatic heterocycles. The Kier molecular flexibility index (Phi) is 7.37. The van der Waals surface area contributed by atoms with E-state index in [-0.39, 0.29) is 11.7 Å². The summed E-state index contributed by atoms with van der Waals surface area (Å²) in [4.78, 5) is 19.8. The molecule has 0 unspecified atom stereocenters. The molecule has 0 N–H and O–H groups in total. The summed E-state index contributed by atoms with van der Waals surface area (Å²) in [5.41, 5.74) is 1.83. The van der Waals surface area contributed by atoms with Crippen molar-refractivity contribution < 1.29 is 9.18 Å². The molecule has 1 heterocycles. The van der Waals surface area contributed by atoms with Gasteiger partial charge in [-0.25, -0.2) is 9.37 Å². The molecule has 1 amide bonds. The first-order chi connectivity index (χ1) is 14.3. The van der Waals surface area contributed by atoms with Gasteiger partial charge in [0, 0.05) is 18.1 Å². The Balaban J connectivity index is 2.00. The van der Waals surface area contributed by atoms with Crippen LogP contribution in [0.4, 0.5) is 4.39 Å². The zero-order valence-corrected chi connectivity index (χ0v) is 19.0. The van der Waals surface area contributed by atoms with E-state index in [0.29, 0.717) is 41.2 Å². The number of nitrogens with zero attached hydrogens (tertiary/aromatic N) is 3. The van der Waals surface area contributed by atoms with Crippen LogP contribution >= 0.6 is 23.2 Å². The number of halogens is 3. The maximum Gasteiger partial charge on any atom is 0.255 e. The number of fused-ring (bicyclic) bond motifs is 1. The molecule has 4 nitrogen and oxygen atoms in total. The summed E-state index contributed by atoms with van der Waals surface area (Å²) in [6.45, 7) is 7.85. The SMILES string of the molecule is CCCn1c(CN(CCC(C)C)C(=O)c2cc(Cl)ccc2Cl)nc2ccc(F)cc21. The molecule has 7 heteroatoms. The average molecular weight is 450 g/mol. The highest BCUT2D eigenvalue weighted by Crippen LogP contribution is 2.25. The molecule has 0 spiro atoms. The number of hydrogen-bond acceptors (Lipinski definition) is 2. The zero-order chi connectivity index (χ0) is 21.8. The van der Waals surface area contributed by atoms with Crippen LogP contribution in [-0.4, -0.2) is 26.9 Å². The van der Waals surface area contributed by atoms with E-state index >= 15 is 0 Å². The molecule has 0 aliphatic rings. The normalized spacial score (nSPS) is 11.4. The molecule has 30 heavy (non-hydrogen) atoms. The predicted octanol–water partition coefficient (Wildman–Crippen LogP) is 6.58. The molecule has 1 aromatic heterocycles.